The summed E-state index contributed by atoms with van der Waals surface area (Å²) >= 11 is 5.87. The van der Waals surface area contributed by atoms with Crippen LogP contribution < -0.4 is 10.1 Å². The molecule has 0 aromatic carbocycles. The van der Waals surface area contributed by atoms with Gasteiger partial charge < -0.3 is 14.8 Å². The van der Waals surface area contributed by atoms with Crippen molar-refractivity contribution in [1.29, 1.82) is 0 Å². The van der Waals surface area contributed by atoms with Crippen LogP contribution in [0, 0.1) is 0 Å². The van der Waals surface area contributed by atoms with E-state index in [-0.39, 0.29) is 17.4 Å². The van der Waals surface area contributed by atoms with E-state index < -0.39 is 0 Å². The standard InChI is InChI=1S/C12H19ClN4O2/c1-7(2)19-12-16-10(13)15-11(17-12)14-8-4-5-9(6-8)18-3/h7-9H,4-6H2,1-3H3,(H,14,15,16,17). The first-order chi connectivity index (χ1) is 9.06. The van der Waals surface area contributed by atoms with Gasteiger partial charge in [0.1, 0.15) is 0 Å². The number of nitrogens with one attached hydrogen (secondary N) is 1. The zero-order valence-electron chi connectivity index (χ0n) is 11.4. The summed E-state index contributed by atoms with van der Waals surface area (Å²) in [6.45, 7) is 3.82. The van der Waals surface area contributed by atoms with Crippen LogP contribution in [0.3, 0.4) is 0 Å². The fourth-order valence-electron chi connectivity index (χ4n) is 2.13. The molecule has 1 aromatic rings. The predicted octanol–water partition coefficient (Wildman–Crippen LogP) is 2.29. The lowest BCUT2D eigenvalue weighted by Crippen LogP contribution is -2.20. The molecule has 0 spiro atoms. The van der Waals surface area contributed by atoms with E-state index in [0.29, 0.717) is 18.1 Å². The number of anilines is 1. The average molecular weight is 287 g/mol. The van der Waals surface area contributed by atoms with Crippen LogP contribution in [0.5, 0.6) is 6.01 Å². The summed E-state index contributed by atoms with van der Waals surface area (Å²) in [7, 11) is 1.74. The zero-order chi connectivity index (χ0) is 13.8. The second-order valence-electron chi connectivity index (χ2n) is 4.89. The summed E-state index contributed by atoms with van der Waals surface area (Å²) in [5.41, 5.74) is 0. The molecule has 0 amide bonds. The molecular weight excluding hydrogens is 268 g/mol. The van der Waals surface area contributed by atoms with Crippen LogP contribution in [0.1, 0.15) is 33.1 Å². The number of nitrogens with zero attached hydrogens (tertiary/aromatic N) is 3. The highest BCUT2D eigenvalue weighted by atomic mass is 35.5. The lowest BCUT2D eigenvalue weighted by molar-refractivity contribution is 0.108. The van der Waals surface area contributed by atoms with Gasteiger partial charge >= 0.3 is 6.01 Å². The third-order valence-corrected chi connectivity index (χ3v) is 3.15. The minimum Gasteiger partial charge on any atom is -0.461 e. The van der Waals surface area contributed by atoms with Gasteiger partial charge in [0, 0.05) is 13.2 Å². The van der Waals surface area contributed by atoms with Crippen LogP contribution in [-0.2, 0) is 4.74 Å². The topological polar surface area (TPSA) is 69.2 Å². The molecule has 0 aliphatic heterocycles. The number of hydrogen-bond acceptors (Lipinski definition) is 6. The van der Waals surface area contributed by atoms with Crippen molar-refractivity contribution in [3.05, 3.63) is 5.28 Å². The van der Waals surface area contributed by atoms with E-state index in [1.165, 1.54) is 0 Å². The summed E-state index contributed by atoms with van der Waals surface area (Å²) in [4.78, 5) is 12.2. The normalized spacial score (nSPS) is 22.8. The van der Waals surface area contributed by atoms with Gasteiger partial charge in [-0.1, -0.05) is 0 Å². The molecule has 1 saturated carbocycles. The van der Waals surface area contributed by atoms with Crippen molar-refractivity contribution < 1.29 is 9.47 Å². The second-order valence-corrected chi connectivity index (χ2v) is 5.23. The molecule has 19 heavy (non-hydrogen) atoms. The molecule has 1 fully saturated rings. The lowest BCUT2D eigenvalue weighted by atomic mass is 10.2. The Morgan fingerprint density at radius 1 is 1.26 bits per heavy atom. The van der Waals surface area contributed by atoms with E-state index in [2.05, 4.69) is 20.3 Å². The van der Waals surface area contributed by atoms with Gasteiger partial charge in [0.15, 0.2) is 0 Å². The van der Waals surface area contributed by atoms with Crippen molar-refractivity contribution in [2.75, 3.05) is 12.4 Å². The van der Waals surface area contributed by atoms with Crippen molar-refractivity contribution in [1.82, 2.24) is 15.0 Å². The van der Waals surface area contributed by atoms with E-state index in [1.807, 2.05) is 13.8 Å². The van der Waals surface area contributed by atoms with E-state index in [0.717, 1.165) is 19.3 Å². The molecule has 1 aliphatic carbocycles. The summed E-state index contributed by atoms with van der Waals surface area (Å²) in [5, 5.41) is 3.39. The van der Waals surface area contributed by atoms with Gasteiger partial charge in [-0.2, -0.15) is 15.0 Å². The lowest BCUT2D eigenvalue weighted by Gasteiger charge is -2.14. The van der Waals surface area contributed by atoms with Crippen LogP contribution in [0.25, 0.3) is 0 Å². The molecule has 0 radical (unpaired) electrons. The molecule has 2 rings (SSSR count). The quantitative estimate of drug-likeness (QED) is 0.896. The van der Waals surface area contributed by atoms with E-state index in [1.54, 1.807) is 7.11 Å². The Morgan fingerprint density at radius 3 is 2.68 bits per heavy atom. The van der Waals surface area contributed by atoms with Gasteiger partial charge in [-0.25, -0.2) is 0 Å². The summed E-state index contributed by atoms with van der Waals surface area (Å²) in [6, 6.07) is 0.550. The number of rotatable bonds is 5. The van der Waals surface area contributed by atoms with Crippen molar-refractivity contribution >= 4 is 17.5 Å². The van der Waals surface area contributed by atoms with Crippen molar-refractivity contribution in [2.24, 2.45) is 0 Å². The summed E-state index contributed by atoms with van der Waals surface area (Å²) < 4.78 is 10.8. The van der Waals surface area contributed by atoms with Gasteiger partial charge in [0.05, 0.1) is 12.2 Å². The van der Waals surface area contributed by atoms with Crippen LogP contribution in [0.2, 0.25) is 5.28 Å². The van der Waals surface area contributed by atoms with Crippen LogP contribution in [-0.4, -0.2) is 40.3 Å². The van der Waals surface area contributed by atoms with E-state index >= 15 is 0 Å². The molecule has 6 nitrogen and oxygen atoms in total. The first-order valence-corrected chi connectivity index (χ1v) is 6.82. The summed E-state index contributed by atoms with van der Waals surface area (Å²) in [6.07, 6.45) is 3.32. The van der Waals surface area contributed by atoms with Crippen LogP contribution in [0.15, 0.2) is 0 Å². The number of hydrogen-bond donors (Lipinski definition) is 1. The second kappa shape index (κ2) is 6.34. The van der Waals surface area contributed by atoms with Gasteiger partial charge in [-0.05, 0) is 44.7 Å². The first-order valence-electron chi connectivity index (χ1n) is 6.44. The zero-order valence-corrected chi connectivity index (χ0v) is 12.1. The smallest absolute Gasteiger partial charge is 0.322 e. The third-order valence-electron chi connectivity index (χ3n) is 2.98. The van der Waals surface area contributed by atoms with E-state index in [4.69, 9.17) is 21.1 Å². The monoisotopic (exact) mass is 286 g/mol. The third kappa shape index (κ3) is 4.18. The SMILES string of the molecule is COC1CCC(Nc2nc(Cl)nc(OC(C)C)n2)C1. The molecule has 2 unspecified atom stereocenters. The molecule has 1 aliphatic rings. The molecule has 1 heterocycles. The van der Waals surface area contributed by atoms with Gasteiger partial charge in [-0.15, -0.1) is 0 Å². The number of ether oxygens (including phenoxy) is 2. The van der Waals surface area contributed by atoms with Gasteiger partial charge in [0.25, 0.3) is 0 Å². The predicted molar refractivity (Wildman–Crippen MR) is 72.7 cm³/mol. The highest BCUT2D eigenvalue weighted by Crippen LogP contribution is 2.24. The Labute approximate surface area is 117 Å². The molecule has 1 aromatic heterocycles. The largest absolute Gasteiger partial charge is 0.461 e. The summed E-state index contributed by atoms with van der Waals surface area (Å²) in [5.74, 6) is 0.456. The Balaban J connectivity index is 2.02. The van der Waals surface area contributed by atoms with Crippen LogP contribution in [0.4, 0.5) is 5.95 Å². The molecular formula is C12H19ClN4O2. The maximum Gasteiger partial charge on any atom is 0.322 e. The molecule has 0 bridgehead atoms. The van der Waals surface area contributed by atoms with Gasteiger partial charge in [0.2, 0.25) is 11.2 Å². The van der Waals surface area contributed by atoms with E-state index in [9.17, 15) is 0 Å². The molecule has 0 saturated heterocycles. The Bertz CT molecular complexity index is 430. The maximum atomic E-state index is 5.87. The Hall–Kier alpha value is -1.14. The number of aromatic nitrogens is 3. The maximum absolute atomic E-state index is 5.87. The number of halogens is 1. The molecule has 7 heteroatoms. The molecule has 1 N–H and O–H groups in total. The highest BCUT2D eigenvalue weighted by Gasteiger charge is 2.25. The number of methoxy groups -OCH3 is 1. The average Bonchev–Trinajstić information content (AvgIpc) is 2.74. The van der Waals surface area contributed by atoms with Crippen molar-refractivity contribution in [2.45, 2.75) is 51.4 Å². The Kier molecular flexibility index (Phi) is 4.76. The van der Waals surface area contributed by atoms with Crippen molar-refractivity contribution in [3.63, 3.8) is 0 Å². The van der Waals surface area contributed by atoms with Crippen LogP contribution >= 0.6 is 11.6 Å². The molecule has 2 atom stereocenters. The fraction of sp³-hybridized carbons (Fsp3) is 0.750. The minimum atomic E-state index is -0.00401. The van der Waals surface area contributed by atoms with Gasteiger partial charge in [-0.3, -0.25) is 0 Å². The first kappa shape index (κ1) is 14.3. The fourth-order valence-corrected chi connectivity index (χ4v) is 2.28. The van der Waals surface area contributed by atoms with Crippen molar-refractivity contribution in [3.8, 4) is 6.01 Å². The highest BCUT2D eigenvalue weighted by molar-refractivity contribution is 6.28. The minimum absolute atomic E-state index is 0.00401. The molecule has 106 valence electrons. The Morgan fingerprint density at radius 2 is 2.05 bits per heavy atom.